The van der Waals surface area contributed by atoms with Gasteiger partial charge in [-0.25, -0.2) is 4.98 Å². The van der Waals surface area contributed by atoms with Crippen molar-refractivity contribution < 1.29 is 4.74 Å². The van der Waals surface area contributed by atoms with Gasteiger partial charge in [-0.05, 0) is 19.8 Å². The highest BCUT2D eigenvalue weighted by Gasteiger charge is 2.24. The molecule has 1 aromatic rings. The topological polar surface area (TPSA) is 22.1 Å². The monoisotopic (exact) mass is 231 g/mol. The van der Waals surface area contributed by atoms with Crippen LogP contribution in [0.15, 0.2) is 5.38 Å². The minimum absolute atomic E-state index is 0.255. The summed E-state index contributed by atoms with van der Waals surface area (Å²) in [6.07, 6.45) is 1.92. The summed E-state index contributed by atoms with van der Waals surface area (Å²) in [6, 6.07) is 0. The Balaban J connectivity index is 1.95. The lowest BCUT2D eigenvalue weighted by molar-refractivity contribution is 0.0575. The molecule has 0 aliphatic carbocycles. The molecule has 0 aromatic carbocycles. The molecule has 0 spiro atoms. The van der Waals surface area contributed by atoms with Crippen molar-refractivity contribution in [2.45, 2.75) is 25.1 Å². The Bertz CT molecular complexity index is 302. The average molecular weight is 232 g/mol. The van der Waals surface area contributed by atoms with E-state index in [0.29, 0.717) is 5.92 Å². The summed E-state index contributed by atoms with van der Waals surface area (Å²) in [4.78, 5) is 4.44. The lowest BCUT2D eigenvalue weighted by atomic mass is 9.97. The van der Waals surface area contributed by atoms with Gasteiger partial charge in [0.15, 0.2) is 0 Å². The van der Waals surface area contributed by atoms with Crippen LogP contribution >= 0.6 is 22.9 Å². The number of hydrogen-bond acceptors (Lipinski definition) is 3. The molecule has 2 nitrogen and oxygen atoms in total. The summed E-state index contributed by atoms with van der Waals surface area (Å²) in [6.45, 7) is 3.62. The molecule has 0 amide bonds. The molecule has 1 fully saturated rings. The quantitative estimate of drug-likeness (QED) is 0.731. The average Bonchev–Trinajstić information content (AvgIpc) is 2.56. The molecule has 1 saturated heterocycles. The van der Waals surface area contributed by atoms with Crippen molar-refractivity contribution in [3.05, 3.63) is 16.1 Å². The van der Waals surface area contributed by atoms with Gasteiger partial charge in [0.25, 0.3) is 0 Å². The fourth-order valence-electron chi connectivity index (χ4n) is 1.73. The van der Waals surface area contributed by atoms with Crippen LogP contribution in [0.1, 0.15) is 17.1 Å². The van der Waals surface area contributed by atoms with E-state index in [0.717, 1.165) is 36.8 Å². The van der Waals surface area contributed by atoms with Gasteiger partial charge < -0.3 is 4.74 Å². The largest absolute Gasteiger partial charge is 0.381 e. The number of aryl methyl sites for hydroxylation is 1. The minimum Gasteiger partial charge on any atom is -0.381 e. The van der Waals surface area contributed by atoms with Crippen LogP contribution in [0, 0.1) is 12.8 Å². The van der Waals surface area contributed by atoms with E-state index in [2.05, 4.69) is 10.4 Å². The highest BCUT2D eigenvalue weighted by molar-refractivity contribution is 7.09. The van der Waals surface area contributed by atoms with Gasteiger partial charge >= 0.3 is 0 Å². The molecule has 14 heavy (non-hydrogen) atoms. The first-order valence-corrected chi connectivity index (χ1v) is 6.20. The van der Waals surface area contributed by atoms with Crippen molar-refractivity contribution in [1.82, 2.24) is 4.98 Å². The van der Waals surface area contributed by atoms with E-state index in [4.69, 9.17) is 16.3 Å². The normalized spacial score (nSPS) is 27.9. The fraction of sp³-hybridized carbons (Fsp3) is 0.700. The summed E-state index contributed by atoms with van der Waals surface area (Å²) in [5, 5.41) is 3.50. The Morgan fingerprint density at radius 3 is 3.21 bits per heavy atom. The second kappa shape index (κ2) is 4.60. The molecule has 2 unspecified atom stereocenters. The fourth-order valence-corrected chi connectivity index (χ4v) is 2.60. The van der Waals surface area contributed by atoms with Crippen LogP contribution < -0.4 is 0 Å². The summed E-state index contributed by atoms with van der Waals surface area (Å²) >= 11 is 7.93. The Labute approximate surface area is 93.3 Å². The van der Waals surface area contributed by atoms with Gasteiger partial charge in [0.1, 0.15) is 0 Å². The van der Waals surface area contributed by atoms with Crippen LogP contribution in [0.25, 0.3) is 0 Å². The second-order valence-electron chi connectivity index (χ2n) is 3.70. The maximum atomic E-state index is 6.23. The number of nitrogens with zero attached hydrogens (tertiary/aromatic N) is 1. The highest BCUT2D eigenvalue weighted by atomic mass is 35.5. The minimum atomic E-state index is 0.255. The summed E-state index contributed by atoms with van der Waals surface area (Å²) in [5.41, 5.74) is 1.16. The van der Waals surface area contributed by atoms with Gasteiger partial charge in [0, 0.05) is 23.3 Å². The number of alkyl halides is 1. The standard InChI is InChI=1S/C10H14ClNOS/c1-7-12-9(6-14-7)4-8-5-13-3-2-10(8)11/h6,8,10H,2-5H2,1H3. The first-order valence-electron chi connectivity index (χ1n) is 4.88. The van der Waals surface area contributed by atoms with Crippen LogP contribution in [-0.4, -0.2) is 23.6 Å². The zero-order valence-corrected chi connectivity index (χ0v) is 9.77. The molecule has 1 aromatic heterocycles. The van der Waals surface area contributed by atoms with Crippen molar-refractivity contribution in [1.29, 1.82) is 0 Å². The molecule has 2 rings (SSSR count). The van der Waals surface area contributed by atoms with Crippen LogP contribution in [0.4, 0.5) is 0 Å². The second-order valence-corrected chi connectivity index (χ2v) is 5.32. The predicted molar refractivity (Wildman–Crippen MR) is 59.1 cm³/mol. The Morgan fingerprint density at radius 1 is 1.71 bits per heavy atom. The molecule has 1 aliphatic heterocycles. The zero-order chi connectivity index (χ0) is 9.97. The summed E-state index contributed by atoms with van der Waals surface area (Å²) in [7, 11) is 0. The third-order valence-electron chi connectivity index (χ3n) is 2.52. The molecule has 0 bridgehead atoms. The van der Waals surface area contributed by atoms with E-state index in [1.807, 2.05) is 6.92 Å². The molecule has 78 valence electrons. The van der Waals surface area contributed by atoms with Crippen LogP contribution in [0.5, 0.6) is 0 Å². The number of thiazole rings is 1. The first kappa shape index (κ1) is 10.4. The molecular weight excluding hydrogens is 218 g/mol. The van der Waals surface area contributed by atoms with E-state index in [1.165, 1.54) is 0 Å². The molecule has 1 aliphatic rings. The van der Waals surface area contributed by atoms with Crippen molar-refractivity contribution in [3.8, 4) is 0 Å². The molecular formula is C10H14ClNOS. The van der Waals surface area contributed by atoms with Crippen LogP contribution in [-0.2, 0) is 11.2 Å². The van der Waals surface area contributed by atoms with Gasteiger partial charge in [-0.15, -0.1) is 22.9 Å². The molecule has 0 radical (unpaired) electrons. The summed E-state index contributed by atoms with van der Waals surface area (Å²) < 4.78 is 5.42. The van der Waals surface area contributed by atoms with E-state index < -0.39 is 0 Å². The van der Waals surface area contributed by atoms with E-state index in [9.17, 15) is 0 Å². The van der Waals surface area contributed by atoms with Gasteiger partial charge in [0.2, 0.25) is 0 Å². The van der Waals surface area contributed by atoms with E-state index in [1.54, 1.807) is 11.3 Å². The van der Waals surface area contributed by atoms with Crippen molar-refractivity contribution in [2.24, 2.45) is 5.92 Å². The number of hydrogen-bond donors (Lipinski definition) is 0. The SMILES string of the molecule is Cc1nc(CC2COCCC2Cl)cs1. The smallest absolute Gasteiger partial charge is 0.0897 e. The third-order valence-corrected chi connectivity index (χ3v) is 3.92. The lowest BCUT2D eigenvalue weighted by Crippen LogP contribution is -2.29. The Morgan fingerprint density at radius 2 is 2.57 bits per heavy atom. The Kier molecular flexibility index (Phi) is 3.42. The molecule has 4 heteroatoms. The summed E-state index contributed by atoms with van der Waals surface area (Å²) in [5.74, 6) is 0.437. The number of rotatable bonds is 2. The highest BCUT2D eigenvalue weighted by Crippen LogP contribution is 2.24. The van der Waals surface area contributed by atoms with Gasteiger partial charge in [-0.3, -0.25) is 0 Å². The lowest BCUT2D eigenvalue weighted by Gasteiger charge is -2.26. The number of ether oxygens (including phenoxy) is 1. The van der Waals surface area contributed by atoms with Crippen molar-refractivity contribution in [2.75, 3.05) is 13.2 Å². The molecule has 0 saturated carbocycles. The van der Waals surface area contributed by atoms with Crippen LogP contribution in [0.2, 0.25) is 0 Å². The molecule has 2 heterocycles. The third kappa shape index (κ3) is 2.47. The maximum Gasteiger partial charge on any atom is 0.0897 e. The maximum absolute atomic E-state index is 6.23. The van der Waals surface area contributed by atoms with Crippen LogP contribution in [0.3, 0.4) is 0 Å². The van der Waals surface area contributed by atoms with E-state index in [-0.39, 0.29) is 5.38 Å². The van der Waals surface area contributed by atoms with Gasteiger partial charge in [-0.1, -0.05) is 0 Å². The molecule has 0 N–H and O–H groups in total. The molecule has 2 atom stereocenters. The number of aromatic nitrogens is 1. The first-order chi connectivity index (χ1) is 6.75. The van der Waals surface area contributed by atoms with E-state index >= 15 is 0 Å². The number of halogens is 1. The van der Waals surface area contributed by atoms with Crippen molar-refractivity contribution >= 4 is 22.9 Å². The predicted octanol–water partition coefficient (Wildman–Crippen LogP) is 2.64. The van der Waals surface area contributed by atoms with Crippen molar-refractivity contribution in [3.63, 3.8) is 0 Å². The van der Waals surface area contributed by atoms with Gasteiger partial charge in [-0.2, -0.15) is 0 Å². The van der Waals surface area contributed by atoms with Gasteiger partial charge in [0.05, 0.1) is 17.3 Å². The zero-order valence-electron chi connectivity index (χ0n) is 8.20. The Hall–Kier alpha value is -0.120.